The molecule has 1 N–H and O–H groups in total. The molecule has 124 valence electrons. The molecule has 5 nitrogen and oxygen atoms in total. The molecule has 0 saturated carbocycles. The fourth-order valence-electron chi connectivity index (χ4n) is 3.33. The lowest BCUT2D eigenvalue weighted by Gasteiger charge is -2.24. The third kappa shape index (κ3) is 2.77. The molecule has 2 aliphatic rings. The number of nitrogens with one attached hydrogen (secondary N) is 1. The molecule has 0 fully saturated rings. The second-order valence-electron chi connectivity index (χ2n) is 6.27. The maximum Gasteiger partial charge on any atom is 0.239 e. The lowest BCUT2D eigenvalue weighted by molar-refractivity contribution is -0.120. The highest BCUT2D eigenvalue weighted by atomic mass is 16.7. The highest BCUT2D eigenvalue weighted by Crippen LogP contribution is 2.33. The topological polar surface area (TPSA) is 50.8 Å². The normalized spacial score (nSPS) is 17.7. The van der Waals surface area contributed by atoms with Crippen LogP contribution in [0.1, 0.15) is 18.1 Å². The molecule has 0 unspecified atom stereocenters. The van der Waals surface area contributed by atoms with Gasteiger partial charge in [-0.3, -0.25) is 4.79 Å². The molecule has 2 aliphatic heterocycles. The van der Waals surface area contributed by atoms with Crippen LogP contribution in [-0.2, 0) is 17.8 Å². The van der Waals surface area contributed by atoms with Gasteiger partial charge < -0.3 is 19.7 Å². The number of ether oxygens (including phenoxy) is 2. The summed E-state index contributed by atoms with van der Waals surface area (Å²) in [6, 6.07) is 14.4. The van der Waals surface area contributed by atoms with Crippen LogP contribution in [-0.4, -0.2) is 25.3 Å². The Balaban J connectivity index is 1.37. The van der Waals surface area contributed by atoms with Crippen molar-refractivity contribution in [3.8, 4) is 11.5 Å². The molecule has 1 amide bonds. The molecule has 0 aliphatic carbocycles. The first-order valence-corrected chi connectivity index (χ1v) is 8.20. The summed E-state index contributed by atoms with van der Waals surface area (Å²) >= 11 is 0. The number of para-hydroxylation sites is 1. The molecule has 2 aromatic rings. The summed E-state index contributed by atoms with van der Waals surface area (Å²) in [4.78, 5) is 14.5. The van der Waals surface area contributed by atoms with E-state index in [0.29, 0.717) is 19.1 Å². The van der Waals surface area contributed by atoms with E-state index in [4.69, 9.17) is 9.47 Å². The number of fused-ring (bicyclic) bond motifs is 2. The zero-order chi connectivity index (χ0) is 16.5. The molecule has 24 heavy (non-hydrogen) atoms. The smallest absolute Gasteiger partial charge is 0.239 e. The second-order valence-corrected chi connectivity index (χ2v) is 6.27. The van der Waals surface area contributed by atoms with E-state index in [0.717, 1.165) is 23.5 Å². The fraction of sp³-hybridized carbons (Fsp3) is 0.316. The molecule has 2 heterocycles. The van der Waals surface area contributed by atoms with Gasteiger partial charge in [0.1, 0.15) is 0 Å². The Morgan fingerprint density at radius 3 is 2.96 bits per heavy atom. The van der Waals surface area contributed by atoms with Gasteiger partial charge in [0.15, 0.2) is 11.5 Å². The molecule has 0 bridgehead atoms. The molecule has 5 heteroatoms. The van der Waals surface area contributed by atoms with Crippen LogP contribution >= 0.6 is 0 Å². The number of nitrogens with zero attached hydrogens (tertiary/aromatic N) is 1. The maximum atomic E-state index is 12.4. The lowest BCUT2D eigenvalue weighted by atomic mass is 10.1. The van der Waals surface area contributed by atoms with Crippen molar-refractivity contribution in [2.75, 3.05) is 18.2 Å². The zero-order valence-corrected chi connectivity index (χ0v) is 13.6. The van der Waals surface area contributed by atoms with Gasteiger partial charge in [0.05, 0.1) is 6.54 Å². The van der Waals surface area contributed by atoms with Crippen LogP contribution in [0.5, 0.6) is 11.5 Å². The van der Waals surface area contributed by atoms with Gasteiger partial charge in [0.2, 0.25) is 12.7 Å². The predicted octanol–water partition coefficient (Wildman–Crippen LogP) is 2.48. The Kier molecular flexibility index (Phi) is 3.76. The number of amides is 1. The monoisotopic (exact) mass is 324 g/mol. The van der Waals surface area contributed by atoms with Crippen LogP contribution in [0.25, 0.3) is 0 Å². The van der Waals surface area contributed by atoms with Gasteiger partial charge >= 0.3 is 0 Å². The fourth-order valence-corrected chi connectivity index (χ4v) is 3.33. The van der Waals surface area contributed by atoms with Crippen molar-refractivity contribution < 1.29 is 14.3 Å². The van der Waals surface area contributed by atoms with E-state index >= 15 is 0 Å². The molecule has 0 radical (unpaired) electrons. The SMILES string of the molecule is C[C@@H]1Cc2ccccc2N1CC(=O)NCc1ccc2c(c1)OCO2. The first-order valence-electron chi connectivity index (χ1n) is 8.20. The number of benzene rings is 2. The minimum atomic E-state index is 0.0243. The first-order chi connectivity index (χ1) is 11.7. The largest absolute Gasteiger partial charge is 0.454 e. The number of hydrogen-bond acceptors (Lipinski definition) is 4. The number of carbonyl (C=O) groups excluding carboxylic acids is 1. The average Bonchev–Trinajstić information content (AvgIpc) is 3.17. The molecular weight excluding hydrogens is 304 g/mol. The van der Waals surface area contributed by atoms with Crippen molar-refractivity contribution >= 4 is 11.6 Å². The third-order valence-corrected chi connectivity index (χ3v) is 4.59. The molecular formula is C19H20N2O3. The predicted molar refractivity (Wildman–Crippen MR) is 91.4 cm³/mol. The van der Waals surface area contributed by atoms with Crippen molar-refractivity contribution in [2.45, 2.75) is 25.9 Å². The Hall–Kier alpha value is -2.69. The van der Waals surface area contributed by atoms with Crippen LogP contribution < -0.4 is 19.7 Å². The van der Waals surface area contributed by atoms with Gasteiger partial charge in [-0.1, -0.05) is 24.3 Å². The van der Waals surface area contributed by atoms with Crippen LogP contribution in [0.15, 0.2) is 42.5 Å². The van der Waals surface area contributed by atoms with Gasteiger partial charge in [-0.15, -0.1) is 0 Å². The van der Waals surface area contributed by atoms with E-state index < -0.39 is 0 Å². The summed E-state index contributed by atoms with van der Waals surface area (Å²) in [5.74, 6) is 1.52. The summed E-state index contributed by atoms with van der Waals surface area (Å²) in [6.07, 6.45) is 0.992. The molecule has 0 spiro atoms. The number of hydrogen-bond donors (Lipinski definition) is 1. The maximum absolute atomic E-state index is 12.4. The summed E-state index contributed by atoms with van der Waals surface area (Å²) in [5.41, 5.74) is 3.49. The lowest BCUT2D eigenvalue weighted by Crippen LogP contribution is -2.39. The van der Waals surface area contributed by atoms with Gasteiger partial charge in [0.25, 0.3) is 0 Å². The highest BCUT2D eigenvalue weighted by Gasteiger charge is 2.26. The van der Waals surface area contributed by atoms with Crippen LogP contribution in [0.4, 0.5) is 5.69 Å². The molecule has 1 atom stereocenters. The van der Waals surface area contributed by atoms with Crippen molar-refractivity contribution in [3.05, 3.63) is 53.6 Å². The van der Waals surface area contributed by atoms with Crippen molar-refractivity contribution in [1.29, 1.82) is 0 Å². The average molecular weight is 324 g/mol. The summed E-state index contributed by atoms with van der Waals surface area (Å²) in [5, 5.41) is 2.99. The molecule has 2 aromatic carbocycles. The number of carbonyl (C=O) groups is 1. The van der Waals surface area contributed by atoms with Gasteiger partial charge in [-0.05, 0) is 42.7 Å². The summed E-state index contributed by atoms with van der Waals surface area (Å²) in [7, 11) is 0. The number of rotatable bonds is 4. The summed E-state index contributed by atoms with van der Waals surface area (Å²) < 4.78 is 10.7. The Labute approximate surface area is 141 Å². The highest BCUT2D eigenvalue weighted by molar-refractivity contribution is 5.82. The Morgan fingerprint density at radius 2 is 2.04 bits per heavy atom. The second kappa shape index (κ2) is 6.07. The van der Waals surface area contributed by atoms with Gasteiger partial charge in [0, 0.05) is 18.3 Å². The first kappa shape index (κ1) is 14.9. The molecule has 0 saturated heterocycles. The van der Waals surface area contributed by atoms with E-state index in [1.165, 1.54) is 11.3 Å². The van der Waals surface area contributed by atoms with E-state index in [-0.39, 0.29) is 12.7 Å². The standard InChI is InChI=1S/C19H20N2O3/c1-13-8-15-4-2-3-5-16(15)21(13)11-19(22)20-10-14-6-7-17-18(9-14)24-12-23-17/h2-7,9,13H,8,10-12H2,1H3,(H,20,22)/t13-/m1/s1. The quantitative estimate of drug-likeness (QED) is 0.939. The number of anilines is 1. The van der Waals surface area contributed by atoms with Crippen LogP contribution in [0.2, 0.25) is 0 Å². The van der Waals surface area contributed by atoms with Crippen molar-refractivity contribution in [2.24, 2.45) is 0 Å². The third-order valence-electron chi connectivity index (χ3n) is 4.59. The minimum Gasteiger partial charge on any atom is -0.454 e. The minimum absolute atomic E-state index is 0.0243. The van der Waals surface area contributed by atoms with E-state index in [2.05, 4.69) is 35.3 Å². The van der Waals surface area contributed by atoms with Crippen molar-refractivity contribution in [1.82, 2.24) is 5.32 Å². The van der Waals surface area contributed by atoms with Crippen LogP contribution in [0.3, 0.4) is 0 Å². The van der Waals surface area contributed by atoms with Gasteiger partial charge in [-0.2, -0.15) is 0 Å². The Morgan fingerprint density at radius 1 is 1.21 bits per heavy atom. The Bertz CT molecular complexity index is 775. The van der Waals surface area contributed by atoms with E-state index in [9.17, 15) is 4.79 Å². The molecule has 4 rings (SSSR count). The van der Waals surface area contributed by atoms with Crippen molar-refractivity contribution in [3.63, 3.8) is 0 Å². The van der Waals surface area contributed by atoms with Crippen LogP contribution in [0, 0.1) is 0 Å². The van der Waals surface area contributed by atoms with E-state index in [1.807, 2.05) is 24.3 Å². The summed E-state index contributed by atoms with van der Waals surface area (Å²) in [6.45, 7) is 3.28. The van der Waals surface area contributed by atoms with Gasteiger partial charge in [-0.25, -0.2) is 0 Å². The molecule has 0 aromatic heterocycles. The van der Waals surface area contributed by atoms with E-state index in [1.54, 1.807) is 0 Å². The zero-order valence-electron chi connectivity index (χ0n) is 13.6.